The summed E-state index contributed by atoms with van der Waals surface area (Å²) in [5.41, 5.74) is 3.08. The van der Waals surface area contributed by atoms with Crippen LogP contribution in [0.1, 0.15) is 63.6 Å². The second-order valence-electron chi connectivity index (χ2n) is 7.47. The van der Waals surface area contributed by atoms with Crippen LogP contribution in [0, 0.1) is 5.92 Å². The van der Waals surface area contributed by atoms with Crippen molar-refractivity contribution < 1.29 is 9.90 Å². The van der Waals surface area contributed by atoms with Crippen LogP contribution < -0.4 is 0 Å². The molecule has 0 radical (unpaired) electrons. The van der Waals surface area contributed by atoms with Gasteiger partial charge in [-0.15, -0.1) is 11.3 Å². The van der Waals surface area contributed by atoms with Crippen molar-refractivity contribution in [2.45, 2.75) is 51.6 Å². The molecule has 0 spiro atoms. The van der Waals surface area contributed by atoms with Crippen LogP contribution in [-0.4, -0.2) is 39.2 Å². The van der Waals surface area contributed by atoms with Gasteiger partial charge < -0.3 is 10.0 Å². The predicted molar refractivity (Wildman–Crippen MR) is 97.9 cm³/mol. The number of likely N-dealkylation sites (tertiary alicyclic amines) is 1. The molecule has 1 amide bonds. The standard InChI is InChI=1S/C19H25N3O2S/c1-12-4-5-17-14(7-12)8-18(25-17)19(24)22-6-2-3-13(10-22)16-9-15(11-23)20-21-16/h8-9,12-13,23H,2-7,10-11H2,1H3,(H,20,21)/t12-,13-/m1/s1. The highest BCUT2D eigenvalue weighted by molar-refractivity contribution is 7.14. The van der Waals surface area contributed by atoms with E-state index in [-0.39, 0.29) is 18.4 Å². The quantitative estimate of drug-likeness (QED) is 0.885. The summed E-state index contributed by atoms with van der Waals surface area (Å²) in [5.74, 6) is 1.16. The average molecular weight is 359 g/mol. The molecule has 25 heavy (non-hydrogen) atoms. The maximum absolute atomic E-state index is 13.0. The third-order valence-electron chi connectivity index (χ3n) is 5.49. The first-order valence-corrected chi connectivity index (χ1v) is 10.0. The van der Waals surface area contributed by atoms with E-state index < -0.39 is 0 Å². The predicted octanol–water partition coefficient (Wildman–Crippen LogP) is 3.11. The SMILES string of the molecule is C[C@@H]1CCc2sc(C(=O)N3CCC[C@@H](c4cc(CO)[nH]n4)C3)cc2C1. The molecule has 3 heterocycles. The normalized spacial score (nSPS) is 23.5. The van der Waals surface area contributed by atoms with Crippen molar-refractivity contribution in [2.24, 2.45) is 5.92 Å². The number of hydrogen-bond acceptors (Lipinski definition) is 4. The largest absolute Gasteiger partial charge is 0.390 e. The van der Waals surface area contributed by atoms with E-state index >= 15 is 0 Å². The van der Waals surface area contributed by atoms with Crippen LogP contribution in [0.3, 0.4) is 0 Å². The number of hydrogen-bond donors (Lipinski definition) is 2. The zero-order valence-electron chi connectivity index (χ0n) is 14.6. The van der Waals surface area contributed by atoms with Gasteiger partial charge in [0.25, 0.3) is 5.91 Å². The van der Waals surface area contributed by atoms with Crippen LogP contribution in [0.25, 0.3) is 0 Å². The number of aromatic nitrogens is 2. The zero-order chi connectivity index (χ0) is 17.4. The Hall–Kier alpha value is -1.66. The number of fused-ring (bicyclic) bond motifs is 1. The fraction of sp³-hybridized carbons (Fsp3) is 0.579. The van der Waals surface area contributed by atoms with Gasteiger partial charge in [0.1, 0.15) is 0 Å². The van der Waals surface area contributed by atoms with Crippen molar-refractivity contribution in [1.82, 2.24) is 15.1 Å². The Morgan fingerprint density at radius 3 is 3.12 bits per heavy atom. The summed E-state index contributed by atoms with van der Waals surface area (Å²) in [7, 11) is 0. The first-order chi connectivity index (χ1) is 12.1. The number of nitrogens with one attached hydrogen (secondary N) is 1. The number of thiophene rings is 1. The van der Waals surface area contributed by atoms with Gasteiger partial charge in [-0.05, 0) is 55.7 Å². The molecule has 2 aliphatic rings. The highest BCUT2D eigenvalue weighted by Crippen LogP contribution is 2.34. The number of aliphatic hydroxyl groups is 1. The van der Waals surface area contributed by atoms with Crippen LogP contribution in [0.5, 0.6) is 0 Å². The smallest absolute Gasteiger partial charge is 0.263 e. The van der Waals surface area contributed by atoms with E-state index in [1.165, 1.54) is 16.9 Å². The molecule has 134 valence electrons. The van der Waals surface area contributed by atoms with E-state index in [0.29, 0.717) is 6.54 Å². The van der Waals surface area contributed by atoms with Gasteiger partial charge in [0.2, 0.25) is 0 Å². The van der Waals surface area contributed by atoms with Gasteiger partial charge in [-0.2, -0.15) is 5.10 Å². The molecule has 4 rings (SSSR count). The summed E-state index contributed by atoms with van der Waals surface area (Å²) in [4.78, 5) is 17.3. The minimum atomic E-state index is -0.0263. The number of amides is 1. The molecule has 0 saturated carbocycles. The summed E-state index contributed by atoms with van der Waals surface area (Å²) in [6, 6.07) is 4.06. The second kappa shape index (κ2) is 6.92. The number of aliphatic hydroxyl groups excluding tert-OH is 1. The molecule has 1 aliphatic carbocycles. The topological polar surface area (TPSA) is 69.2 Å². The van der Waals surface area contributed by atoms with Gasteiger partial charge >= 0.3 is 0 Å². The fourth-order valence-electron chi connectivity index (χ4n) is 4.04. The van der Waals surface area contributed by atoms with Gasteiger partial charge in [0, 0.05) is 23.9 Å². The van der Waals surface area contributed by atoms with E-state index in [9.17, 15) is 9.90 Å². The molecule has 2 atom stereocenters. The fourth-order valence-corrected chi connectivity index (χ4v) is 5.22. The molecule has 2 N–H and O–H groups in total. The molecular formula is C19H25N3O2S. The van der Waals surface area contributed by atoms with Crippen molar-refractivity contribution in [3.63, 3.8) is 0 Å². The van der Waals surface area contributed by atoms with Crippen molar-refractivity contribution in [2.75, 3.05) is 13.1 Å². The molecule has 6 heteroatoms. The van der Waals surface area contributed by atoms with E-state index in [1.807, 2.05) is 11.0 Å². The zero-order valence-corrected chi connectivity index (χ0v) is 15.4. The van der Waals surface area contributed by atoms with Gasteiger partial charge in [0.05, 0.1) is 22.9 Å². The van der Waals surface area contributed by atoms with Gasteiger partial charge in [-0.25, -0.2) is 0 Å². The Morgan fingerprint density at radius 1 is 1.44 bits per heavy atom. The maximum atomic E-state index is 13.0. The van der Waals surface area contributed by atoms with Crippen LogP contribution >= 0.6 is 11.3 Å². The Bertz CT molecular complexity index is 767. The minimum Gasteiger partial charge on any atom is -0.390 e. The van der Waals surface area contributed by atoms with Crippen molar-refractivity contribution in [3.8, 4) is 0 Å². The third-order valence-corrected chi connectivity index (χ3v) is 6.71. The van der Waals surface area contributed by atoms with E-state index in [0.717, 1.165) is 54.4 Å². The molecule has 5 nitrogen and oxygen atoms in total. The number of H-pyrrole nitrogens is 1. The first kappa shape index (κ1) is 16.8. The van der Waals surface area contributed by atoms with Gasteiger partial charge in [0.15, 0.2) is 0 Å². The summed E-state index contributed by atoms with van der Waals surface area (Å²) < 4.78 is 0. The molecule has 1 aliphatic heterocycles. The summed E-state index contributed by atoms with van der Waals surface area (Å²) in [6.07, 6.45) is 5.50. The number of carbonyl (C=O) groups excluding carboxylic acids is 1. The van der Waals surface area contributed by atoms with Crippen molar-refractivity contribution in [3.05, 3.63) is 38.8 Å². The highest BCUT2D eigenvalue weighted by Gasteiger charge is 2.29. The number of rotatable bonds is 3. The molecule has 1 fully saturated rings. The summed E-state index contributed by atoms with van der Waals surface area (Å²) in [5, 5.41) is 16.4. The van der Waals surface area contributed by atoms with Crippen molar-refractivity contribution in [1.29, 1.82) is 0 Å². The first-order valence-electron chi connectivity index (χ1n) is 9.20. The monoisotopic (exact) mass is 359 g/mol. The summed E-state index contributed by atoms with van der Waals surface area (Å²) in [6.45, 7) is 3.81. The van der Waals surface area contributed by atoms with E-state index in [2.05, 4.69) is 23.2 Å². The van der Waals surface area contributed by atoms with Crippen LogP contribution in [-0.2, 0) is 19.4 Å². The van der Waals surface area contributed by atoms with Crippen LogP contribution in [0.4, 0.5) is 0 Å². The van der Waals surface area contributed by atoms with Gasteiger partial charge in [-0.3, -0.25) is 9.89 Å². The van der Waals surface area contributed by atoms with Gasteiger partial charge in [-0.1, -0.05) is 6.92 Å². The molecule has 2 aromatic rings. The molecule has 2 aromatic heterocycles. The molecular weight excluding hydrogens is 334 g/mol. The van der Waals surface area contributed by atoms with Crippen molar-refractivity contribution >= 4 is 17.2 Å². The molecule has 0 bridgehead atoms. The van der Waals surface area contributed by atoms with Crippen LogP contribution in [0.15, 0.2) is 12.1 Å². The Labute approximate surface area is 152 Å². The number of aryl methyl sites for hydroxylation is 1. The minimum absolute atomic E-state index is 0.0263. The van der Waals surface area contributed by atoms with E-state index in [4.69, 9.17) is 0 Å². The lowest BCUT2D eigenvalue weighted by Crippen LogP contribution is -2.38. The lowest BCUT2D eigenvalue weighted by molar-refractivity contribution is 0.0710. The maximum Gasteiger partial charge on any atom is 0.263 e. The number of nitrogens with zero attached hydrogens (tertiary/aromatic N) is 2. The van der Waals surface area contributed by atoms with E-state index in [1.54, 1.807) is 11.3 Å². The third kappa shape index (κ3) is 3.37. The molecule has 0 unspecified atom stereocenters. The molecule has 1 saturated heterocycles. The average Bonchev–Trinajstić information content (AvgIpc) is 3.27. The molecule has 0 aromatic carbocycles. The second-order valence-corrected chi connectivity index (χ2v) is 8.61. The number of aromatic amines is 1. The lowest BCUT2D eigenvalue weighted by atomic mass is 9.90. The lowest BCUT2D eigenvalue weighted by Gasteiger charge is -2.31. The number of carbonyl (C=O) groups is 1. The Morgan fingerprint density at radius 2 is 2.32 bits per heavy atom. The number of piperidine rings is 1. The highest BCUT2D eigenvalue weighted by atomic mass is 32.1. The summed E-state index contributed by atoms with van der Waals surface area (Å²) >= 11 is 1.70. The Balaban J connectivity index is 1.48. The Kier molecular flexibility index (Phi) is 4.65. The van der Waals surface area contributed by atoms with Crippen LogP contribution in [0.2, 0.25) is 0 Å².